The first-order chi connectivity index (χ1) is 27.3. The minimum Gasteiger partial charge on any atom is -0.456 e. The lowest BCUT2D eigenvalue weighted by Crippen LogP contribution is -2.10. The van der Waals surface area contributed by atoms with E-state index in [-0.39, 0.29) is 0 Å². The molecule has 11 aromatic rings. The normalized spacial score (nSPS) is 11.6. The van der Waals surface area contributed by atoms with Gasteiger partial charge in [-0.05, 0) is 105 Å². The topological polar surface area (TPSA) is 16.4 Å². The van der Waals surface area contributed by atoms with Crippen molar-refractivity contribution in [1.29, 1.82) is 0 Å². The number of nitrogens with zero attached hydrogens (tertiary/aromatic N) is 1. The zero-order valence-corrected chi connectivity index (χ0v) is 30.6. The SMILES string of the molecule is c1ccc(-c2ccc(N(c3ccc(-c4cc5oc6ccccc6c5c5ccccc45)cc3)c3cccc(-c4cccc5sc6ccccc6c45)c3)cc2)cc1. The third-order valence-corrected chi connectivity index (χ3v) is 12.0. The standard InChI is InChI=1S/C52H33NOS/c1-2-12-34(13-3-1)35-24-28-38(29-25-35)53(40-15-10-14-37(32-40)41-20-11-23-50-52(41)45-19-7-9-22-49(45)55-50)39-30-26-36(27-31-39)46-33-48-51(43-17-5-4-16-42(43)46)44-18-6-8-21-47(44)54-48/h1-33H. The van der Waals surface area contributed by atoms with Crippen molar-refractivity contribution in [3.05, 3.63) is 200 Å². The average molecular weight is 720 g/mol. The van der Waals surface area contributed by atoms with Crippen LogP contribution >= 0.6 is 11.3 Å². The quantitative estimate of drug-likeness (QED) is 0.170. The van der Waals surface area contributed by atoms with Gasteiger partial charge in [0.2, 0.25) is 0 Å². The fourth-order valence-electron chi connectivity index (χ4n) is 8.33. The van der Waals surface area contributed by atoms with Gasteiger partial charge >= 0.3 is 0 Å². The molecule has 2 aromatic heterocycles. The van der Waals surface area contributed by atoms with Gasteiger partial charge in [0.05, 0.1) is 0 Å². The molecule has 11 rings (SSSR count). The van der Waals surface area contributed by atoms with Crippen LogP contribution in [0.25, 0.3) is 86.3 Å². The number of hydrogen-bond acceptors (Lipinski definition) is 3. The molecule has 0 atom stereocenters. The molecule has 9 aromatic carbocycles. The van der Waals surface area contributed by atoms with Crippen LogP contribution in [0.15, 0.2) is 205 Å². The Morgan fingerprint density at radius 3 is 1.73 bits per heavy atom. The molecule has 0 bridgehead atoms. The van der Waals surface area contributed by atoms with Gasteiger partial charge in [0.25, 0.3) is 0 Å². The van der Waals surface area contributed by atoms with E-state index in [1.807, 2.05) is 17.4 Å². The number of rotatable bonds is 6. The lowest BCUT2D eigenvalue weighted by atomic mass is 9.94. The van der Waals surface area contributed by atoms with Gasteiger partial charge in [-0.1, -0.05) is 140 Å². The van der Waals surface area contributed by atoms with Crippen LogP contribution in [0.4, 0.5) is 17.1 Å². The summed E-state index contributed by atoms with van der Waals surface area (Å²) in [6, 6.07) is 72.1. The Bertz CT molecular complexity index is 3190. The number of thiophene rings is 1. The van der Waals surface area contributed by atoms with Crippen molar-refractivity contribution in [3.8, 4) is 33.4 Å². The van der Waals surface area contributed by atoms with Gasteiger partial charge in [0.15, 0.2) is 0 Å². The van der Waals surface area contributed by atoms with Gasteiger partial charge in [-0.25, -0.2) is 0 Å². The molecule has 258 valence electrons. The second kappa shape index (κ2) is 12.9. The molecule has 0 saturated heterocycles. The van der Waals surface area contributed by atoms with E-state index in [1.165, 1.54) is 58.6 Å². The first kappa shape index (κ1) is 31.6. The Kier molecular flexibility index (Phi) is 7.39. The van der Waals surface area contributed by atoms with Crippen molar-refractivity contribution in [2.75, 3.05) is 4.90 Å². The van der Waals surface area contributed by atoms with E-state index in [2.05, 4.69) is 199 Å². The maximum absolute atomic E-state index is 6.43. The van der Waals surface area contributed by atoms with Gasteiger partial charge in [0, 0.05) is 48.0 Å². The summed E-state index contributed by atoms with van der Waals surface area (Å²) in [7, 11) is 0. The molecule has 0 spiro atoms. The molecule has 0 aliphatic heterocycles. The maximum Gasteiger partial charge on any atom is 0.136 e. The highest BCUT2D eigenvalue weighted by Crippen LogP contribution is 2.44. The van der Waals surface area contributed by atoms with Crippen molar-refractivity contribution < 1.29 is 4.42 Å². The van der Waals surface area contributed by atoms with Crippen molar-refractivity contribution in [2.45, 2.75) is 0 Å². The summed E-state index contributed by atoms with van der Waals surface area (Å²) in [6.07, 6.45) is 0. The second-order valence-corrected chi connectivity index (χ2v) is 15.1. The lowest BCUT2D eigenvalue weighted by molar-refractivity contribution is 0.669. The second-order valence-electron chi connectivity index (χ2n) is 14.1. The zero-order valence-electron chi connectivity index (χ0n) is 29.8. The van der Waals surface area contributed by atoms with Gasteiger partial charge in [0.1, 0.15) is 11.2 Å². The predicted octanol–water partition coefficient (Wildman–Crippen LogP) is 15.6. The van der Waals surface area contributed by atoms with Crippen molar-refractivity contribution in [3.63, 3.8) is 0 Å². The molecule has 0 saturated carbocycles. The van der Waals surface area contributed by atoms with Crippen LogP contribution in [0.5, 0.6) is 0 Å². The summed E-state index contributed by atoms with van der Waals surface area (Å²) in [5.74, 6) is 0. The van der Waals surface area contributed by atoms with Crippen LogP contribution < -0.4 is 4.90 Å². The molecular weight excluding hydrogens is 687 g/mol. The minimum absolute atomic E-state index is 0.907. The Balaban J connectivity index is 1.05. The Hall–Kier alpha value is -6.94. The molecule has 0 aliphatic rings. The number of fused-ring (bicyclic) bond motifs is 8. The number of hydrogen-bond donors (Lipinski definition) is 0. The van der Waals surface area contributed by atoms with Gasteiger partial charge in [-0.15, -0.1) is 11.3 Å². The van der Waals surface area contributed by atoms with Gasteiger partial charge < -0.3 is 9.32 Å². The highest BCUT2D eigenvalue weighted by Gasteiger charge is 2.18. The highest BCUT2D eigenvalue weighted by molar-refractivity contribution is 7.25. The van der Waals surface area contributed by atoms with E-state index in [1.54, 1.807) is 0 Å². The van der Waals surface area contributed by atoms with Crippen LogP contribution in [0.2, 0.25) is 0 Å². The maximum atomic E-state index is 6.43. The summed E-state index contributed by atoms with van der Waals surface area (Å²) in [4.78, 5) is 2.37. The largest absolute Gasteiger partial charge is 0.456 e. The molecule has 2 heterocycles. The third kappa shape index (κ3) is 5.32. The van der Waals surface area contributed by atoms with Crippen molar-refractivity contribution >= 4 is 81.3 Å². The molecule has 2 nitrogen and oxygen atoms in total. The molecule has 0 radical (unpaired) electrons. The van der Waals surface area contributed by atoms with Gasteiger partial charge in [-0.2, -0.15) is 0 Å². The average Bonchev–Trinajstić information content (AvgIpc) is 3.83. The third-order valence-electron chi connectivity index (χ3n) is 10.9. The minimum atomic E-state index is 0.907. The van der Waals surface area contributed by atoms with E-state index in [4.69, 9.17) is 4.42 Å². The summed E-state index contributed by atoms with van der Waals surface area (Å²) < 4.78 is 9.05. The van der Waals surface area contributed by atoms with E-state index >= 15 is 0 Å². The van der Waals surface area contributed by atoms with E-state index < -0.39 is 0 Å². The summed E-state index contributed by atoms with van der Waals surface area (Å²) in [5.41, 5.74) is 12.2. The van der Waals surface area contributed by atoms with Gasteiger partial charge in [-0.3, -0.25) is 0 Å². The number of para-hydroxylation sites is 1. The molecule has 0 fully saturated rings. The fourth-order valence-corrected chi connectivity index (χ4v) is 9.46. The zero-order chi connectivity index (χ0) is 36.3. The van der Waals surface area contributed by atoms with Crippen LogP contribution in [-0.4, -0.2) is 0 Å². The fraction of sp³-hybridized carbons (Fsp3) is 0. The summed E-state index contributed by atoms with van der Waals surface area (Å²) in [6.45, 7) is 0. The first-order valence-electron chi connectivity index (χ1n) is 18.7. The number of furan rings is 1. The Labute approximate surface area is 322 Å². The molecule has 55 heavy (non-hydrogen) atoms. The molecule has 0 N–H and O–H groups in total. The highest BCUT2D eigenvalue weighted by atomic mass is 32.1. The van der Waals surface area contributed by atoms with Crippen LogP contribution in [0, 0.1) is 0 Å². The van der Waals surface area contributed by atoms with Crippen LogP contribution in [0.3, 0.4) is 0 Å². The monoisotopic (exact) mass is 719 g/mol. The number of benzene rings is 9. The smallest absolute Gasteiger partial charge is 0.136 e. The Morgan fingerprint density at radius 2 is 0.927 bits per heavy atom. The molecular formula is C52H33NOS. The van der Waals surface area contributed by atoms with Crippen LogP contribution in [0.1, 0.15) is 0 Å². The predicted molar refractivity (Wildman–Crippen MR) is 235 cm³/mol. The van der Waals surface area contributed by atoms with Crippen molar-refractivity contribution in [2.24, 2.45) is 0 Å². The van der Waals surface area contributed by atoms with E-state index in [9.17, 15) is 0 Å². The summed E-state index contributed by atoms with van der Waals surface area (Å²) in [5, 5.41) is 7.36. The number of anilines is 3. The Morgan fingerprint density at radius 1 is 0.327 bits per heavy atom. The van der Waals surface area contributed by atoms with Crippen molar-refractivity contribution in [1.82, 2.24) is 0 Å². The van der Waals surface area contributed by atoms with E-state index in [0.717, 1.165) is 44.7 Å². The lowest BCUT2D eigenvalue weighted by Gasteiger charge is -2.26. The molecule has 3 heteroatoms. The first-order valence-corrected chi connectivity index (χ1v) is 19.5. The summed E-state index contributed by atoms with van der Waals surface area (Å²) >= 11 is 1.86. The molecule has 0 aliphatic carbocycles. The van der Waals surface area contributed by atoms with E-state index in [0.29, 0.717) is 0 Å². The molecule has 0 amide bonds. The van der Waals surface area contributed by atoms with Crippen LogP contribution in [-0.2, 0) is 0 Å². The molecule has 0 unspecified atom stereocenters.